The Hall–Kier alpha value is -1.58. The van der Waals surface area contributed by atoms with Crippen LogP contribution >= 0.6 is 20.2 Å². The maximum absolute atomic E-state index is 11.3. The molecule has 4 atom stereocenters. The maximum Gasteiger partial charge on any atom is 0.337 e. The molecule has 0 spiro atoms. The Bertz CT molecular complexity index is 724. The third-order valence-electron chi connectivity index (χ3n) is 4.26. The first-order chi connectivity index (χ1) is 14.5. The van der Waals surface area contributed by atoms with E-state index in [-0.39, 0.29) is 31.5 Å². The largest absolute Gasteiger partial charge is 0.379 e. The second-order valence-electron chi connectivity index (χ2n) is 6.35. The summed E-state index contributed by atoms with van der Waals surface area (Å²) in [6, 6.07) is 6.95. The van der Waals surface area contributed by atoms with E-state index in [4.69, 9.17) is 34.6 Å². The van der Waals surface area contributed by atoms with Gasteiger partial charge in [0.25, 0.3) is 0 Å². The van der Waals surface area contributed by atoms with Crippen LogP contribution in [0.15, 0.2) is 36.5 Å². The molecule has 2 rings (SSSR count). The number of nitrogens with zero attached hydrogens (tertiary/aromatic N) is 1. The first-order valence-electron chi connectivity index (χ1n) is 9.22. The van der Waals surface area contributed by atoms with Crippen molar-refractivity contribution in [2.45, 2.75) is 31.8 Å². The summed E-state index contributed by atoms with van der Waals surface area (Å²) in [6.07, 6.45) is 2.88. The van der Waals surface area contributed by atoms with E-state index in [0.717, 1.165) is 5.56 Å². The highest BCUT2D eigenvalue weighted by Gasteiger charge is 2.29. The first-order valence-corrected chi connectivity index (χ1v) is 10.7. The minimum atomic E-state index is -1.64. The molecule has 0 radical (unpaired) electrons. The summed E-state index contributed by atoms with van der Waals surface area (Å²) in [6.45, 7) is 2.07. The zero-order valence-electron chi connectivity index (χ0n) is 17.0. The first kappa shape index (κ1) is 24.7. The average Bonchev–Trinajstić information content (AvgIpc) is 2.76. The highest BCUT2D eigenvalue weighted by atomic mass is 35.5. The fourth-order valence-corrected chi connectivity index (χ4v) is 3.72. The number of carbonyl (C=O) groups excluding carboxylic acids is 2. The summed E-state index contributed by atoms with van der Waals surface area (Å²) in [7, 11) is 1.43. The van der Waals surface area contributed by atoms with Crippen molar-refractivity contribution in [3.63, 3.8) is 0 Å². The average molecular weight is 461 g/mol. The zero-order chi connectivity index (χ0) is 21.9. The van der Waals surface area contributed by atoms with Crippen LogP contribution in [-0.4, -0.2) is 56.9 Å². The lowest BCUT2D eigenvalue weighted by molar-refractivity contribution is -0.178. The Balaban J connectivity index is 1.85. The normalized spacial score (nSPS) is 21.2. The van der Waals surface area contributed by atoms with Gasteiger partial charge in [-0.05, 0) is 25.5 Å². The molecule has 1 saturated heterocycles. The number of nitrogens with one attached hydrogen (secondary N) is 1. The lowest BCUT2D eigenvalue weighted by atomic mass is 10.1. The molecule has 1 heterocycles. The Morgan fingerprint density at radius 1 is 1.50 bits per heavy atom. The van der Waals surface area contributed by atoms with Crippen LogP contribution in [0.5, 0.6) is 0 Å². The van der Waals surface area contributed by atoms with Gasteiger partial charge in [0.05, 0.1) is 12.7 Å². The number of carbonyl (C=O) groups is 2. The molecule has 166 valence electrons. The molecular formula is C19H26ClN2O7P. The molecule has 1 N–H and O–H groups in total. The van der Waals surface area contributed by atoms with Gasteiger partial charge in [-0.3, -0.25) is 18.6 Å². The van der Waals surface area contributed by atoms with Crippen molar-refractivity contribution in [3.8, 4) is 0 Å². The molecule has 1 fully saturated rings. The quantitative estimate of drug-likeness (QED) is 0.308. The van der Waals surface area contributed by atoms with Gasteiger partial charge in [-0.25, -0.2) is 0 Å². The van der Waals surface area contributed by atoms with Gasteiger partial charge in [-0.2, -0.15) is 0 Å². The zero-order valence-corrected chi connectivity index (χ0v) is 18.7. The molecular weight excluding hydrogens is 435 g/mol. The number of halogens is 1. The van der Waals surface area contributed by atoms with E-state index in [0.29, 0.717) is 17.9 Å². The molecule has 1 aliphatic rings. The van der Waals surface area contributed by atoms with Crippen molar-refractivity contribution in [1.82, 2.24) is 10.2 Å². The Labute approximate surface area is 182 Å². The van der Waals surface area contributed by atoms with E-state index in [9.17, 15) is 9.59 Å². The third kappa shape index (κ3) is 7.92. The molecule has 2 amide bonds. The van der Waals surface area contributed by atoms with Crippen LogP contribution in [0.1, 0.15) is 25.2 Å². The SMILES string of the molecule is CNC(=O)/C=C\N(C=O)C(C)CC(COP1OCOC(c2cccc(Cl)c2)O1)OC. The summed E-state index contributed by atoms with van der Waals surface area (Å²) in [5.74, 6) is -0.299. The standard InChI is InChI=1S/C19H26ClN2O7P/c1-14(22(12-23)8-7-18(24)21-2)9-17(25-3)11-27-30-28-13-26-19(29-30)15-5-4-6-16(20)10-15/h4-8,10,12,14,17,19H,9,11,13H2,1-3H3,(H,21,24)/b8-7-. The minimum Gasteiger partial charge on any atom is -0.379 e. The van der Waals surface area contributed by atoms with Gasteiger partial charge in [0, 0.05) is 43.1 Å². The van der Waals surface area contributed by atoms with E-state index < -0.39 is 14.9 Å². The van der Waals surface area contributed by atoms with Crippen LogP contribution in [0, 0.1) is 0 Å². The van der Waals surface area contributed by atoms with Gasteiger partial charge >= 0.3 is 8.60 Å². The second kappa shape index (κ2) is 13.0. The van der Waals surface area contributed by atoms with Crippen molar-refractivity contribution in [2.24, 2.45) is 0 Å². The lowest BCUT2D eigenvalue weighted by Crippen LogP contribution is -2.33. The van der Waals surface area contributed by atoms with E-state index >= 15 is 0 Å². The molecule has 0 bridgehead atoms. The van der Waals surface area contributed by atoms with Gasteiger partial charge in [0.15, 0.2) is 13.1 Å². The van der Waals surface area contributed by atoms with Crippen molar-refractivity contribution in [2.75, 3.05) is 27.6 Å². The smallest absolute Gasteiger partial charge is 0.337 e. The molecule has 1 aliphatic heterocycles. The summed E-state index contributed by atoms with van der Waals surface area (Å²) in [5.41, 5.74) is 0.767. The number of rotatable bonds is 11. The monoisotopic (exact) mass is 460 g/mol. The predicted octanol–water partition coefficient (Wildman–Crippen LogP) is 3.11. The number of ether oxygens (including phenoxy) is 2. The molecule has 30 heavy (non-hydrogen) atoms. The van der Waals surface area contributed by atoms with Crippen LogP contribution in [0.3, 0.4) is 0 Å². The number of methoxy groups -OCH3 is 1. The molecule has 4 unspecified atom stereocenters. The van der Waals surface area contributed by atoms with E-state index in [1.165, 1.54) is 24.2 Å². The van der Waals surface area contributed by atoms with E-state index in [1.807, 2.05) is 19.1 Å². The Kier molecular flexibility index (Phi) is 10.7. The van der Waals surface area contributed by atoms with Gasteiger partial charge in [-0.1, -0.05) is 23.7 Å². The van der Waals surface area contributed by atoms with Crippen molar-refractivity contribution < 1.29 is 32.6 Å². The second-order valence-corrected chi connectivity index (χ2v) is 7.96. The van der Waals surface area contributed by atoms with Crippen LogP contribution in [0.25, 0.3) is 0 Å². The van der Waals surface area contributed by atoms with Gasteiger partial charge in [0.2, 0.25) is 12.3 Å². The molecule has 0 aliphatic carbocycles. The maximum atomic E-state index is 11.3. The van der Waals surface area contributed by atoms with E-state index in [2.05, 4.69) is 5.32 Å². The number of amides is 2. The van der Waals surface area contributed by atoms with Gasteiger partial charge in [0.1, 0.15) is 0 Å². The minimum absolute atomic E-state index is 0.0279. The predicted molar refractivity (Wildman–Crippen MR) is 111 cm³/mol. The number of benzene rings is 1. The van der Waals surface area contributed by atoms with Gasteiger partial charge < -0.3 is 24.2 Å². The molecule has 1 aromatic carbocycles. The highest BCUT2D eigenvalue weighted by molar-refractivity contribution is 7.41. The number of likely N-dealkylation sites (N-methyl/N-ethyl adjacent to an activating group) is 1. The van der Waals surface area contributed by atoms with E-state index in [1.54, 1.807) is 19.2 Å². The topological polar surface area (TPSA) is 95.6 Å². The molecule has 11 heteroatoms. The Morgan fingerprint density at radius 2 is 2.30 bits per heavy atom. The molecule has 0 aromatic heterocycles. The lowest BCUT2D eigenvalue weighted by Gasteiger charge is -2.30. The summed E-state index contributed by atoms with van der Waals surface area (Å²) >= 11 is 6.02. The fraction of sp³-hybridized carbons (Fsp3) is 0.474. The summed E-state index contributed by atoms with van der Waals surface area (Å²) in [5, 5.41) is 3.03. The summed E-state index contributed by atoms with van der Waals surface area (Å²) in [4.78, 5) is 24.1. The third-order valence-corrected chi connectivity index (χ3v) is 5.53. The summed E-state index contributed by atoms with van der Waals surface area (Å²) < 4.78 is 27.8. The van der Waals surface area contributed by atoms with Crippen molar-refractivity contribution >= 4 is 32.5 Å². The highest BCUT2D eigenvalue weighted by Crippen LogP contribution is 2.48. The fourth-order valence-electron chi connectivity index (χ4n) is 2.55. The van der Waals surface area contributed by atoms with Crippen LogP contribution in [0.2, 0.25) is 5.02 Å². The van der Waals surface area contributed by atoms with Crippen LogP contribution in [0.4, 0.5) is 0 Å². The molecule has 9 nitrogen and oxygen atoms in total. The number of hydrogen-bond donors (Lipinski definition) is 1. The van der Waals surface area contributed by atoms with Gasteiger partial charge in [-0.15, -0.1) is 0 Å². The van der Waals surface area contributed by atoms with Crippen molar-refractivity contribution in [1.29, 1.82) is 0 Å². The molecule has 0 saturated carbocycles. The van der Waals surface area contributed by atoms with Crippen molar-refractivity contribution in [3.05, 3.63) is 47.1 Å². The molecule has 1 aromatic rings. The van der Waals surface area contributed by atoms with Crippen LogP contribution < -0.4 is 5.32 Å². The number of hydrogen-bond acceptors (Lipinski definition) is 7. The van der Waals surface area contributed by atoms with Crippen LogP contribution in [-0.2, 0) is 32.6 Å². The Morgan fingerprint density at radius 3 is 2.97 bits per heavy atom.